The largest absolute Gasteiger partial charge is 0.342 e. The van der Waals surface area contributed by atoms with Crippen LogP contribution in [0, 0.1) is 11.8 Å². The van der Waals surface area contributed by atoms with E-state index in [1.54, 1.807) is 4.68 Å². The smallest absolute Gasteiger partial charge is 0.256 e. The van der Waals surface area contributed by atoms with E-state index in [1.165, 1.54) is 0 Å². The van der Waals surface area contributed by atoms with E-state index in [-0.39, 0.29) is 11.8 Å². The molecule has 1 aromatic carbocycles. The van der Waals surface area contributed by atoms with Gasteiger partial charge in [0.05, 0.1) is 6.20 Å². The first-order valence-corrected chi connectivity index (χ1v) is 10.8. The summed E-state index contributed by atoms with van der Waals surface area (Å²) in [5.74, 6) is 1.84. The summed E-state index contributed by atoms with van der Waals surface area (Å²) in [4.78, 5) is 34.0. The monoisotopic (exact) mass is 403 g/mol. The average molecular weight is 403 g/mol. The van der Waals surface area contributed by atoms with Crippen LogP contribution in [0.1, 0.15) is 31.2 Å². The lowest BCUT2D eigenvalue weighted by Crippen LogP contribution is -2.55. The molecule has 2 saturated carbocycles. The van der Waals surface area contributed by atoms with Crippen molar-refractivity contribution in [2.24, 2.45) is 23.9 Å². The lowest BCUT2D eigenvalue weighted by molar-refractivity contribution is -0.139. The van der Waals surface area contributed by atoms with E-state index in [1.807, 2.05) is 41.4 Å². The third-order valence-electron chi connectivity index (χ3n) is 6.76. The van der Waals surface area contributed by atoms with Gasteiger partial charge in [-0.05, 0) is 31.2 Å². The quantitative estimate of drug-likeness (QED) is 0.767. The van der Waals surface area contributed by atoms with Crippen LogP contribution in [0.15, 0.2) is 41.7 Å². The van der Waals surface area contributed by atoms with E-state index >= 15 is 0 Å². The SMILES string of the molecule is Cn1cc(-c2ccc(C3=NC4(CC4)C(=O)N3CC3CN(C(=O)C4CC4)C3)cc2)cn1. The predicted molar refractivity (Wildman–Crippen MR) is 112 cm³/mol. The number of aliphatic imine (C=N–C) groups is 1. The Morgan fingerprint density at radius 3 is 2.40 bits per heavy atom. The molecule has 3 fully saturated rings. The summed E-state index contributed by atoms with van der Waals surface area (Å²) in [6.45, 7) is 2.18. The number of nitrogens with zero attached hydrogens (tertiary/aromatic N) is 5. The van der Waals surface area contributed by atoms with Gasteiger partial charge in [0.25, 0.3) is 5.91 Å². The molecule has 2 aliphatic heterocycles. The van der Waals surface area contributed by atoms with Crippen LogP contribution in [0.4, 0.5) is 0 Å². The number of amidine groups is 1. The molecule has 0 N–H and O–H groups in total. The summed E-state index contributed by atoms with van der Waals surface area (Å²) in [5, 5.41) is 4.24. The first-order chi connectivity index (χ1) is 14.5. The Morgan fingerprint density at radius 2 is 1.80 bits per heavy atom. The van der Waals surface area contributed by atoms with Gasteiger partial charge in [-0.2, -0.15) is 5.10 Å². The fourth-order valence-corrected chi connectivity index (χ4v) is 4.59. The molecule has 154 valence electrons. The van der Waals surface area contributed by atoms with Gasteiger partial charge in [-0.3, -0.25) is 24.2 Å². The van der Waals surface area contributed by atoms with E-state index in [0.717, 1.165) is 61.3 Å². The van der Waals surface area contributed by atoms with Crippen molar-refractivity contribution >= 4 is 17.6 Å². The van der Waals surface area contributed by atoms with E-state index in [2.05, 4.69) is 17.2 Å². The maximum absolute atomic E-state index is 13.1. The highest BCUT2D eigenvalue weighted by Crippen LogP contribution is 2.46. The summed E-state index contributed by atoms with van der Waals surface area (Å²) in [7, 11) is 1.91. The fourth-order valence-electron chi connectivity index (χ4n) is 4.59. The molecule has 30 heavy (non-hydrogen) atoms. The molecule has 7 heteroatoms. The van der Waals surface area contributed by atoms with Crippen molar-refractivity contribution in [2.45, 2.75) is 31.2 Å². The van der Waals surface area contributed by atoms with Crippen LogP contribution < -0.4 is 0 Å². The van der Waals surface area contributed by atoms with Crippen LogP contribution in [0.3, 0.4) is 0 Å². The number of rotatable bonds is 5. The van der Waals surface area contributed by atoms with Crippen molar-refractivity contribution in [1.29, 1.82) is 0 Å². The summed E-state index contributed by atoms with van der Waals surface area (Å²) in [6, 6.07) is 8.22. The van der Waals surface area contributed by atoms with Gasteiger partial charge in [0.2, 0.25) is 5.91 Å². The maximum Gasteiger partial charge on any atom is 0.256 e. The highest BCUT2D eigenvalue weighted by molar-refractivity contribution is 6.16. The van der Waals surface area contributed by atoms with E-state index in [0.29, 0.717) is 18.4 Å². The molecule has 0 atom stereocenters. The minimum absolute atomic E-state index is 0.140. The molecule has 4 aliphatic rings. The van der Waals surface area contributed by atoms with Crippen molar-refractivity contribution in [3.05, 3.63) is 42.2 Å². The second-order valence-electron chi connectivity index (χ2n) is 9.25. The van der Waals surface area contributed by atoms with Gasteiger partial charge in [-0.25, -0.2) is 0 Å². The van der Waals surface area contributed by atoms with Crippen LogP contribution >= 0.6 is 0 Å². The molecular weight excluding hydrogens is 378 g/mol. The van der Waals surface area contributed by atoms with Crippen LogP contribution in [-0.4, -0.2) is 62.4 Å². The zero-order valence-electron chi connectivity index (χ0n) is 17.1. The Bertz CT molecular complexity index is 1060. The van der Waals surface area contributed by atoms with Crippen LogP contribution in [-0.2, 0) is 16.6 Å². The number of carbonyl (C=O) groups is 2. The molecule has 0 unspecified atom stereocenters. The van der Waals surface area contributed by atoms with Crippen LogP contribution in [0.25, 0.3) is 11.1 Å². The molecule has 1 aromatic heterocycles. The average Bonchev–Trinajstić information content (AvgIpc) is 3.63. The van der Waals surface area contributed by atoms with Gasteiger partial charge in [0.15, 0.2) is 0 Å². The zero-order valence-corrected chi connectivity index (χ0v) is 17.1. The molecule has 2 amide bonds. The molecule has 1 spiro atoms. The number of aryl methyl sites for hydroxylation is 1. The van der Waals surface area contributed by atoms with E-state index < -0.39 is 5.54 Å². The topological polar surface area (TPSA) is 70.8 Å². The molecule has 1 saturated heterocycles. The van der Waals surface area contributed by atoms with Gasteiger partial charge in [-0.15, -0.1) is 0 Å². The van der Waals surface area contributed by atoms with Crippen molar-refractivity contribution in [3.8, 4) is 11.1 Å². The predicted octanol–water partition coefficient (Wildman–Crippen LogP) is 2.08. The molecule has 3 heterocycles. The number of benzene rings is 1. The zero-order chi connectivity index (χ0) is 20.5. The lowest BCUT2D eigenvalue weighted by Gasteiger charge is -2.41. The Labute approximate surface area is 175 Å². The number of hydrogen-bond acceptors (Lipinski definition) is 4. The molecular formula is C23H25N5O2. The summed E-state index contributed by atoms with van der Waals surface area (Å²) < 4.78 is 1.79. The Kier molecular flexibility index (Phi) is 3.73. The maximum atomic E-state index is 13.1. The number of hydrogen-bond donors (Lipinski definition) is 0. The third-order valence-corrected chi connectivity index (χ3v) is 6.76. The van der Waals surface area contributed by atoms with E-state index in [9.17, 15) is 9.59 Å². The number of aromatic nitrogens is 2. The van der Waals surface area contributed by atoms with Crippen molar-refractivity contribution in [3.63, 3.8) is 0 Å². The molecule has 2 aliphatic carbocycles. The normalized spacial score (nSPS) is 22.4. The molecule has 6 rings (SSSR count). The summed E-state index contributed by atoms with van der Waals surface area (Å²) in [6.07, 6.45) is 7.61. The molecule has 0 radical (unpaired) electrons. The van der Waals surface area contributed by atoms with Crippen molar-refractivity contribution in [1.82, 2.24) is 19.6 Å². The highest BCUT2D eigenvalue weighted by atomic mass is 16.2. The van der Waals surface area contributed by atoms with Gasteiger partial charge in [-0.1, -0.05) is 24.3 Å². The Morgan fingerprint density at radius 1 is 1.10 bits per heavy atom. The first kappa shape index (κ1) is 17.9. The molecule has 2 aromatic rings. The second kappa shape index (κ2) is 6.27. The second-order valence-corrected chi connectivity index (χ2v) is 9.25. The first-order valence-electron chi connectivity index (χ1n) is 10.8. The van der Waals surface area contributed by atoms with Crippen molar-refractivity contribution in [2.75, 3.05) is 19.6 Å². The van der Waals surface area contributed by atoms with Gasteiger partial charge < -0.3 is 4.90 Å². The minimum atomic E-state index is -0.509. The molecule has 0 bridgehead atoms. The Hall–Kier alpha value is -2.96. The van der Waals surface area contributed by atoms with Crippen LogP contribution in [0.5, 0.6) is 0 Å². The van der Waals surface area contributed by atoms with Gasteiger partial charge in [0.1, 0.15) is 11.4 Å². The minimum Gasteiger partial charge on any atom is -0.342 e. The fraction of sp³-hybridized carbons (Fsp3) is 0.478. The Balaban J connectivity index is 1.20. The molecule has 7 nitrogen and oxygen atoms in total. The van der Waals surface area contributed by atoms with Crippen molar-refractivity contribution < 1.29 is 9.59 Å². The number of carbonyl (C=O) groups excluding carboxylic acids is 2. The number of amides is 2. The third kappa shape index (κ3) is 2.87. The van der Waals surface area contributed by atoms with E-state index in [4.69, 9.17) is 4.99 Å². The highest BCUT2D eigenvalue weighted by Gasteiger charge is 2.57. The number of likely N-dealkylation sites (tertiary alicyclic amines) is 1. The van der Waals surface area contributed by atoms with Crippen LogP contribution in [0.2, 0.25) is 0 Å². The van der Waals surface area contributed by atoms with Gasteiger partial charge >= 0.3 is 0 Å². The van der Waals surface area contributed by atoms with Gasteiger partial charge in [0, 0.05) is 55.8 Å². The lowest BCUT2D eigenvalue weighted by atomic mass is 9.98. The summed E-state index contributed by atoms with van der Waals surface area (Å²) >= 11 is 0. The standard InChI is InChI=1S/C23H25N5O2/c1-26-14-19(10-24-26)16-2-4-17(5-3-16)20-25-23(8-9-23)22(30)28(20)13-15-11-27(12-15)21(29)18-6-7-18/h2-5,10,14-15,18H,6-9,11-13H2,1H3. The summed E-state index contributed by atoms with van der Waals surface area (Å²) in [5.41, 5.74) is 2.63.